The number of aromatic nitrogens is 1. The van der Waals surface area contributed by atoms with Gasteiger partial charge in [0, 0.05) is 30.9 Å². The maximum absolute atomic E-state index is 4.16. The molecular weight excluding hydrogens is 232 g/mol. The Morgan fingerprint density at radius 1 is 0.842 bits per heavy atom. The minimum Gasteiger partial charge on any atom is -0.309 e. The molecule has 1 heterocycles. The van der Waals surface area contributed by atoms with E-state index in [1.807, 2.05) is 18.5 Å². The van der Waals surface area contributed by atoms with Crippen molar-refractivity contribution in [1.82, 2.24) is 10.3 Å². The summed E-state index contributed by atoms with van der Waals surface area (Å²) in [5, 5.41) is 5.96. The minimum atomic E-state index is 0.871. The Bertz CT molecular complexity index is 657. The van der Waals surface area contributed by atoms with Crippen LogP contribution in [0.15, 0.2) is 67.0 Å². The van der Waals surface area contributed by atoms with E-state index in [9.17, 15) is 0 Å². The highest BCUT2D eigenvalue weighted by molar-refractivity contribution is 5.84. The minimum absolute atomic E-state index is 0.871. The number of rotatable bonds is 4. The molecule has 1 N–H and O–H groups in total. The van der Waals surface area contributed by atoms with Crippen LogP contribution in [0.25, 0.3) is 10.8 Å². The van der Waals surface area contributed by atoms with Crippen LogP contribution in [0.2, 0.25) is 0 Å². The maximum atomic E-state index is 4.16. The lowest BCUT2D eigenvalue weighted by Crippen LogP contribution is -2.12. The van der Waals surface area contributed by atoms with Gasteiger partial charge in [-0.3, -0.25) is 4.98 Å². The topological polar surface area (TPSA) is 24.9 Å². The van der Waals surface area contributed by atoms with Gasteiger partial charge in [0.25, 0.3) is 0 Å². The summed E-state index contributed by atoms with van der Waals surface area (Å²) in [6.45, 7) is 1.76. The summed E-state index contributed by atoms with van der Waals surface area (Å²) in [6.07, 6.45) is 3.76. The first-order chi connectivity index (χ1) is 9.43. The van der Waals surface area contributed by atoms with Gasteiger partial charge in [0.05, 0.1) is 0 Å². The molecule has 0 bridgehead atoms. The predicted octanol–water partition coefficient (Wildman–Crippen LogP) is 3.52. The van der Waals surface area contributed by atoms with Crippen molar-refractivity contribution in [3.8, 4) is 0 Å². The second-order valence-corrected chi connectivity index (χ2v) is 4.60. The first-order valence-corrected chi connectivity index (χ1v) is 6.50. The molecule has 2 aromatic carbocycles. The first-order valence-electron chi connectivity index (χ1n) is 6.50. The van der Waals surface area contributed by atoms with Gasteiger partial charge in [0.1, 0.15) is 0 Å². The molecule has 0 unspecified atom stereocenters. The van der Waals surface area contributed by atoms with Gasteiger partial charge < -0.3 is 5.32 Å². The van der Waals surface area contributed by atoms with Crippen molar-refractivity contribution >= 4 is 10.8 Å². The Labute approximate surface area is 113 Å². The van der Waals surface area contributed by atoms with Crippen molar-refractivity contribution in [3.05, 3.63) is 78.1 Å². The fourth-order valence-electron chi connectivity index (χ4n) is 2.28. The van der Waals surface area contributed by atoms with Crippen molar-refractivity contribution in [2.45, 2.75) is 13.1 Å². The fourth-order valence-corrected chi connectivity index (χ4v) is 2.28. The van der Waals surface area contributed by atoms with Crippen LogP contribution in [0.1, 0.15) is 11.1 Å². The van der Waals surface area contributed by atoms with Crippen LogP contribution in [0, 0.1) is 0 Å². The summed E-state index contributed by atoms with van der Waals surface area (Å²) in [4.78, 5) is 4.16. The van der Waals surface area contributed by atoms with Crippen LogP contribution in [0.5, 0.6) is 0 Å². The smallest absolute Gasteiger partial charge is 0.0346 e. The summed E-state index contributed by atoms with van der Waals surface area (Å²) in [6, 6.07) is 18.9. The van der Waals surface area contributed by atoms with E-state index in [4.69, 9.17) is 0 Å². The zero-order chi connectivity index (χ0) is 12.9. The average Bonchev–Trinajstić information content (AvgIpc) is 2.49. The summed E-state index contributed by atoms with van der Waals surface area (Å²) >= 11 is 0. The van der Waals surface area contributed by atoms with Gasteiger partial charge in [-0.2, -0.15) is 0 Å². The molecule has 94 valence electrons. The van der Waals surface area contributed by atoms with Crippen LogP contribution < -0.4 is 5.32 Å². The van der Waals surface area contributed by atoms with Crippen LogP contribution >= 0.6 is 0 Å². The second-order valence-electron chi connectivity index (χ2n) is 4.60. The van der Waals surface area contributed by atoms with Crippen molar-refractivity contribution in [2.24, 2.45) is 0 Å². The summed E-state index contributed by atoms with van der Waals surface area (Å²) in [7, 11) is 0. The van der Waals surface area contributed by atoms with E-state index < -0.39 is 0 Å². The molecule has 3 rings (SSSR count). The third-order valence-electron chi connectivity index (χ3n) is 3.26. The number of benzene rings is 2. The van der Waals surface area contributed by atoms with E-state index in [1.165, 1.54) is 21.9 Å². The third-order valence-corrected chi connectivity index (χ3v) is 3.26. The molecule has 3 aromatic rings. The molecular formula is C17H16N2. The Hall–Kier alpha value is -2.19. The lowest BCUT2D eigenvalue weighted by Gasteiger charge is -2.08. The van der Waals surface area contributed by atoms with Gasteiger partial charge in [-0.15, -0.1) is 0 Å². The monoisotopic (exact) mass is 248 g/mol. The molecule has 0 aliphatic carbocycles. The van der Waals surface area contributed by atoms with Gasteiger partial charge in [0.2, 0.25) is 0 Å². The molecule has 0 radical (unpaired) electrons. The number of nitrogens with one attached hydrogen (secondary N) is 1. The highest BCUT2D eigenvalue weighted by Gasteiger charge is 2.00. The SMILES string of the molecule is c1ccc(CNCc2cccc3cnccc23)cc1. The number of pyridine rings is 1. The number of hydrogen-bond donors (Lipinski definition) is 1. The highest BCUT2D eigenvalue weighted by Crippen LogP contribution is 2.17. The predicted molar refractivity (Wildman–Crippen MR) is 78.7 cm³/mol. The van der Waals surface area contributed by atoms with E-state index in [2.05, 4.69) is 58.8 Å². The number of fused-ring (bicyclic) bond motifs is 1. The van der Waals surface area contributed by atoms with Gasteiger partial charge >= 0.3 is 0 Å². The Kier molecular flexibility index (Phi) is 3.52. The summed E-state index contributed by atoms with van der Waals surface area (Å²) in [5.74, 6) is 0. The van der Waals surface area contributed by atoms with Crippen LogP contribution in [0.3, 0.4) is 0 Å². The molecule has 0 saturated carbocycles. The second kappa shape index (κ2) is 5.63. The summed E-state index contributed by atoms with van der Waals surface area (Å²) in [5.41, 5.74) is 2.63. The first kappa shape index (κ1) is 11.9. The zero-order valence-electron chi connectivity index (χ0n) is 10.7. The fraction of sp³-hybridized carbons (Fsp3) is 0.118. The van der Waals surface area contributed by atoms with E-state index in [0.29, 0.717) is 0 Å². The average molecular weight is 248 g/mol. The van der Waals surface area contributed by atoms with Crippen molar-refractivity contribution in [3.63, 3.8) is 0 Å². The molecule has 0 saturated heterocycles. The molecule has 0 aliphatic heterocycles. The molecule has 19 heavy (non-hydrogen) atoms. The van der Waals surface area contributed by atoms with E-state index in [-0.39, 0.29) is 0 Å². The van der Waals surface area contributed by atoms with Gasteiger partial charge in [-0.25, -0.2) is 0 Å². The maximum Gasteiger partial charge on any atom is 0.0346 e. The molecule has 2 nitrogen and oxygen atoms in total. The van der Waals surface area contributed by atoms with E-state index in [0.717, 1.165) is 13.1 Å². The highest BCUT2D eigenvalue weighted by atomic mass is 14.8. The third kappa shape index (κ3) is 2.80. The van der Waals surface area contributed by atoms with Crippen LogP contribution in [-0.2, 0) is 13.1 Å². The molecule has 0 atom stereocenters. The number of nitrogens with zero attached hydrogens (tertiary/aromatic N) is 1. The van der Waals surface area contributed by atoms with Crippen molar-refractivity contribution < 1.29 is 0 Å². The molecule has 0 spiro atoms. The Balaban J connectivity index is 1.72. The lowest BCUT2D eigenvalue weighted by molar-refractivity contribution is 0.696. The quantitative estimate of drug-likeness (QED) is 0.764. The van der Waals surface area contributed by atoms with Gasteiger partial charge in [0.15, 0.2) is 0 Å². The van der Waals surface area contributed by atoms with Crippen molar-refractivity contribution in [1.29, 1.82) is 0 Å². The molecule has 0 amide bonds. The van der Waals surface area contributed by atoms with Crippen molar-refractivity contribution in [2.75, 3.05) is 0 Å². The van der Waals surface area contributed by atoms with E-state index >= 15 is 0 Å². The molecule has 0 fully saturated rings. The largest absolute Gasteiger partial charge is 0.309 e. The van der Waals surface area contributed by atoms with Crippen LogP contribution in [-0.4, -0.2) is 4.98 Å². The van der Waals surface area contributed by atoms with Gasteiger partial charge in [-0.05, 0) is 22.6 Å². The van der Waals surface area contributed by atoms with E-state index in [1.54, 1.807) is 0 Å². The molecule has 1 aromatic heterocycles. The molecule has 2 heteroatoms. The lowest BCUT2D eigenvalue weighted by atomic mass is 10.1. The zero-order valence-corrected chi connectivity index (χ0v) is 10.7. The van der Waals surface area contributed by atoms with Crippen LogP contribution in [0.4, 0.5) is 0 Å². The standard InChI is InChI=1S/C17H16N2/c1-2-5-14(6-3-1)11-19-13-16-8-4-7-15-12-18-10-9-17(15)16/h1-10,12,19H,11,13H2. The molecule has 0 aliphatic rings. The Morgan fingerprint density at radius 2 is 1.74 bits per heavy atom. The number of hydrogen-bond acceptors (Lipinski definition) is 2. The Morgan fingerprint density at radius 3 is 2.63 bits per heavy atom. The summed E-state index contributed by atoms with van der Waals surface area (Å²) < 4.78 is 0. The van der Waals surface area contributed by atoms with Gasteiger partial charge in [-0.1, -0.05) is 48.5 Å². The normalized spacial score (nSPS) is 10.7.